The second kappa shape index (κ2) is 7.27. The van der Waals surface area contributed by atoms with Gasteiger partial charge in [0.15, 0.2) is 0 Å². The van der Waals surface area contributed by atoms with Crippen molar-refractivity contribution in [2.24, 2.45) is 11.7 Å². The van der Waals surface area contributed by atoms with E-state index >= 15 is 0 Å². The van der Waals surface area contributed by atoms with E-state index in [9.17, 15) is 4.79 Å². The molecule has 4 nitrogen and oxygen atoms in total. The Hall–Kier alpha value is -1.81. The highest BCUT2D eigenvalue weighted by Crippen LogP contribution is 2.17. The Kier molecular flexibility index (Phi) is 5.39. The molecule has 0 radical (unpaired) electrons. The molecule has 1 saturated heterocycles. The average Bonchev–Trinajstić information content (AvgIpc) is 2.48. The molecule has 1 fully saturated rings. The maximum Gasteiger partial charge on any atom is 0.220 e. The van der Waals surface area contributed by atoms with E-state index in [4.69, 9.17) is 5.73 Å². The molecule has 114 valence electrons. The van der Waals surface area contributed by atoms with Crippen molar-refractivity contribution in [3.63, 3.8) is 0 Å². The second-order valence-corrected chi connectivity index (χ2v) is 5.87. The minimum atomic E-state index is -0.147. The number of hydrogen-bond acceptors (Lipinski definition) is 3. The molecule has 4 heteroatoms. The van der Waals surface area contributed by atoms with Gasteiger partial charge in [-0.05, 0) is 43.6 Å². The molecule has 0 saturated carbocycles. The number of nitrogens with zero attached hydrogens (tertiary/aromatic N) is 2. The zero-order chi connectivity index (χ0) is 15.2. The van der Waals surface area contributed by atoms with E-state index in [0.29, 0.717) is 0 Å². The van der Waals surface area contributed by atoms with Crippen LogP contribution in [0.25, 0.3) is 6.08 Å². The molecule has 1 aromatic rings. The van der Waals surface area contributed by atoms with Gasteiger partial charge in [0, 0.05) is 32.2 Å². The van der Waals surface area contributed by atoms with Gasteiger partial charge in [0.25, 0.3) is 0 Å². The Bertz CT molecular complexity index is 485. The smallest absolute Gasteiger partial charge is 0.220 e. The van der Waals surface area contributed by atoms with Gasteiger partial charge in [-0.2, -0.15) is 0 Å². The Morgan fingerprint density at radius 2 is 1.90 bits per heavy atom. The second-order valence-electron chi connectivity index (χ2n) is 5.87. The van der Waals surface area contributed by atoms with Crippen LogP contribution in [-0.2, 0) is 4.79 Å². The third-order valence-corrected chi connectivity index (χ3v) is 4.07. The monoisotopic (exact) mass is 287 g/mol. The van der Waals surface area contributed by atoms with Gasteiger partial charge in [0.1, 0.15) is 0 Å². The van der Waals surface area contributed by atoms with Crippen LogP contribution >= 0.6 is 0 Å². The number of amides is 1. The molecule has 2 N–H and O–H groups in total. The highest BCUT2D eigenvalue weighted by atomic mass is 16.1. The molecule has 1 aliphatic heterocycles. The summed E-state index contributed by atoms with van der Waals surface area (Å²) < 4.78 is 0. The molecular formula is C17H25N3O. The quantitative estimate of drug-likeness (QED) is 0.900. The van der Waals surface area contributed by atoms with Crippen molar-refractivity contribution in [3.05, 3.63) is 35.9 Å². The maximum atomic E-state index is 11.1. The first-order valence-corrected chi connectivity index (χ1v) is 7.52. The minimum Gasteiger partial charge on any atom is -0.378 e. The number of piperidine rings is 1. The molecule has 0 aromatic heterocycles. The molecule has 1 heterocycles. The van der Waals surface area contributed by atoms with Gasteiger partial charge in [-0.3, -0.25) is 9.69 Å². The molecule has 0 unspecified atom stereocenters. The molecule has 21 heavy (non-hydrogen) atoms. The maximum absolute atomic E-state index is 11.1. The van der Waals surface area contributed by atoms with E-state index in [1.165, 1.54) is 11.3 Å². The largest absolute Gasteiger partial charge is 0.378 e. The fourth-order valence-corrected chi connectivity index (χ4v) is 2.62. The van der Waals surface area contributed by atoms with E-state index < -0.39 is 0 Å². The van der Waals surface area contributed by atoms with Gasteiger partial charge in [-0.15, -0.1) is 0 Å². The van der Waals surface area contributed by atoms with Crippen molar-refractivity contribution in [1.29, 1.82) is 0 Å². The standard InChI is InChI=1S/C17H25N3O/c1-19(2)16-7-5-14(6-8-16)4-3-11-20-12-9-15(10-13-20)17(18)21/h3-8,15H,9-13H2,1-2H3,(H2,18,21). The summed E-state index contributed by atoms with van der Waals surface area (Å²) in [6.07, 6.45) is 6.12. The number of hydrogen-bond donors (Lipinski definition) is 1. The van der Waals surface area contributed by atoms with Gasteiger partial charge < -0.3 is 10.6 Å². The zero-order valence-corrected chi connectivity index (χ0v) is 13.0. The molecular weight excluding hydrogens is 262 g/mol. The summed E-state index contributed by atoms with van der Waals surface area (Å²) in [6.45, 7) is 2.84. The summed E-state index contributed by atoms with van der Waals surface area (Å²) in [5.74, 6) is -0.0741. The fraction of sp³-hybridized carbons (Fsp3) is 0.471. The van der Waals surface area contributed by atoms with Crippen molar-refractivity contribution in [2.75, 3.05) is 38.6 Å². The van der Waals surface area contributed by atoms with Crippen molar-refractivity contribution < 1.29 is 4.79 Å². The molecule has 1 aliphatic rings. The first-order valence-electron chi connectivity index (χ1n) is 7.52. The topological polar surface area (TPSA) is 49.6 Å². The van der Waals surface area contributed by atoms with Gasteiger partial charge in [0.2, 0.25) is 5.91 Å². The van der Waals surface area contributed by atoms with Crippen LogP contribution in [0.5, 0.6) is 0 Å². The van der Waals surface area contributed by atoms with Crippen LogP contribution in [0, 0.1) is 5.92 Å². The number of rotatable bonds is 5. The summed E-state index contributed by atoms with van der Waals surface area (Å²) in [5.41, 5.74) is 7.77. The van der Waals surface area contributed by atoms with E-state index in [2.05, 4.69) is 46.2 Å². The Morgan fingerprint density at radius 1 is 1.29 bits per heavy atom. The highest BCUT2D eigenvalue weighted by Gasteiger charge is 2.21. The van der Waals surface area contributed by atoms with Gasteiger partial charge in [0.05, 0.1) is 0 Å². The number of benzene rings is 1. The molecule has 0 bridgehead atoms. The first kappa shape index (κ1) is 15.6. The lowest BCUT2D eigenvalue weighted by Crippen LogP contribution is -2.38. The minimum absolute atomic E-state index is 0.0730. The fourth-order valence-electron chi connectivity index (χ4n) is 2.62. The molecule has 0 spiro atoms. The van der Waals surface area contributed by atoms with E-state index in [0.717, 1.165) is 32.5 Å². The summed E-state index contributed by atoms with van der Waals surface area (Å²) in [5, 5.41) is 0. The Morgan fingerprint density at radius 3 is 2.43 bits per heavy atom. The molecule has 1 amide bonds. The van der Waals surface area contributed by atoms with Gasteiger partial charge in [-0.25, -0.2) is 0 Å². The molecule has 0 aliphatic carbocycles. The summed E-state index contributed by atoms with van der Waals surface area (Å²) in [6, 6.07) is 8.51. The van der Waals surface area contributed by atoms with Crippen LogP contribution < -0.4 is 10.6 Å². The lowest BCUT2D eigenvalue weighted by atomic mass is 9.96. The number of primary amides is 1. The van der Waals surface area contributed by atoms with Crippen LogP contribution in [-0.4, -0.2) is 44.5 Å². The van der Waals surface area contributed by atoms with Crippen molar-refractivity contribution in [1.82, 2.24) is 4.90 Å². The summed E-state index contributed by atoms with van der Waals surface area (Å²) >= 11 is 0. The number of nitrogens with two attached hydrogens (primary N) is 1. The summed E-state index contributed by atoms with van der Waals surface area (Å²) in [7, 11) is 4.08. The number of anilines is 1. The Labute approximate surface area is 127 Å². The van der Waals surface area contributed by atoms with Gasteiger partial charge >= 0.3 is 0 Å². The molecule has 0 atom stereocenters. The van der Waals surface area contributed by atoms with Crippen molar-refractivity contribution in [3.8, 4) is 0 Å². The molecule has 1 aromatic carbocycles. The lowest BCUT2D eigenvalue weighted by Gasteiger charge is -2.29. The van der Waals surface area contributed by atoms with Crippen molar-refractivity contribution in [2.45, 2.75) is 12.8 Å². The number of carbonyl (C=O) groups excluding carboxylic acids is 1. The SMILES string of the molecule is CN(C)c1ccc(C=CCN2CCC(C(N)=O)CC2)cc1. The number of carbonyl (C=O) groups is 1. The third kappa shape index (κ3) is 4.60. The predicted octanol–water partition coefficient (Wildman–Crippen LogP) is 1.96. The predicted molar refractivity (Wildman–Crippen MR) is 88.2 cm³/mol. The van der Waals surface area contributed by atoms with E-state index in [1.807, 2.05) is 14.1 Å². The summed E-state index contributed by atoms with van der Waals surface area (Å²) in [4.78, 5) is 15.6. The van der Waals surface area contributed by atoms with Crippen molar-refractivity contribution >= 4 is 17.7 Å². The van der Waals surface area contributed by atoms with E-state index in [-0.39, 0.29) is 11.8 Å². The van der Waals surface area contributed by atoms with Gasteiger partial charge in [-0.1, -0.05) is 24.3 Å². The number of likely N-dealkylation sites (tertiary alicyclic amines) is 1. The highest BCUT2D eigenvalue weighted by molar-refractivity contribution is 5.76. The zero-order valence-electron chi connectivity index (χ0n) is 13.0. The average molecular weight is 287 g/mol. The lowest BCUT2D eigenvalue weighted by molar-refractivity contribution is -0.123. The van der Waals surface area contributed by atoms with Crippen LogP contribution in [0.4, 0.5) is 5.69 Å². The Balaban J connectivity index is 1.79. The van der Waals surface area contributed by atoms with Crippen LogP contribution in [0.3, 0.4) is 0 Å². The van der Waals surface area contributed by atoms with Crippen LogP contribution in [0.15, 0.2) is 30.3 Å². The third-order valence-electron chi connectivity index (χ3n) is 4.07. The normalized spacial score (nSPS) is 17.2. The first-order chi connectivity index (χ1) is 10.1. The van der Waals surface area contributed by atoms with E-state index in [1.54, 1.807) is 0 Å². The molecule has 2 rings (SSSR count). The van der Waals surface area contributed by atoms with Crippen LogP contribution in [0.1, 0.15) is 18.4 Å². The van der Waals surface area contributed by atoms with Crippen LogP contribution in [0.2, 0.25) is 0 Å².